The lowest BCUT2D eigenvalue weighted by molar-refractivity contribution is -0.137. The van der Waals surface area contributed by atoms with Gasteiger partial charge in [0.2, 0.25) is 0 Å². The summed E-state index contributed by atoms with van der Waals surface area (Å²) in [6.45, 7) is 3.62. The average Bonchev–Trinajstić information content (AvgIpc) is 2.64. The van der Waals surface area contributed by atoms with Crippen molar-refractivity contribution in [2.45, 2.75) is 26.8 Å². The first-order valence-corrected chi connectivity index (χ1v) is 6.86. The number of carboxylic acids is 1. The number of carbonyl (C=O) groups is 1. The SMILES string of the molecule is CCc1ccc(-c2c(C)sc(=O)n2CC(=O)O)cc1. The Morgan fingerprint density at radius 3 is 2.47 bits per heavy atom. The van der Waals surface area contributed by atoms with Gasteiger partial charge in [0.1, 0.15) is 6.54 Å². The van der Waals surface area contributed by atoms with Crippen LogP contribution in [-0.4, -0.2) is 15.6 Å². The Labute approximate surface area is 115 Å². The topological polar surface area (TPSA) is 59.3 Å². The van der Waals surface area contributed by atoms with Gasteiger partial charge in [0, 0.05) is 4.88 Å². The second-order valence-electron chi connectivity index (χ2n) is 4.30. The minimum Gasteiger partial charge on any atom is -0.480 e. The Balaban J connectivity index is 2.53. The van der Waals surface area contributed by atoms with Gasteiger partial charge in [0.15, 0.2) is 0 Å². The summed E-state index contributed by atoms with van der Waals surface area (Å²) in [5, 5.41) is 8.90. The smallest absolute Gasteiger partial charge is 0.323 e. The summed E-state index contributed by atoms with van der Waals surface area (Å²) >= 11 is 1.09. The third kappa shape index (κ3) is 2.76. The number of hydrogen-bond acceptors (Lipinski definition) is 3. The summed E-state index contributed by atoms with van der Waals surface area (Å²) in [6.07, 6.45) is 0.949. The minimum absolute atomic E-state index is 0.227. The molecule has 1 aromatic carbocycles. The van der Waals surface area contributed by atoms with Crippen molar-refractivity contribution >= 4 is 17.3 Å². The van der Waals surface area contributed by atoms with E-state index in [1.807, 2.05) is 31.2 Å². The molecule has 0 saturated heterocycles. The van der Waals surface area contributed by atoms with Crippen molar-refractivity contribution in [2.75, 3.05) is 0 Å². The largest absolute Gasteiger partial charge is 0.480 e. The fourth-order valence-corrected chi connectivity index (χ4v) is 2.90. The third-order valence-corrected chi connectivity index (χ3v) is 3.89. The molecule has 1 N–H and O–H groups in total. The molecule has 2 rings (SSSR count). The number of benzene rings is 1. The second-order valence-corrected chi connectivity index (χ2v) is 5.47. The van der Waals surface area contributed by atoms with Crippen molar-refractivity contribution in [3.63, 3.8) is 0 Å². The zero-order valence-electron chi connectivity index (χ0n) is 10.8. The zero-order valence-corrected chi connectivity index (χ0v) is 11.7. The van der Waals surface area contributed by atoms with E-state index in [1.165, 1.54) is 10.1 Å². The van der Waals surface area contributed by atoms with Gasteiger partial charge in [-0.05, 0) is 24.5 Å². The third-order valence-electron chi connectivity index (χ3n) is 2.99. The van der Waals surface area contributed by atoms with Crippen molar-refractivity contribution in [1.82, 2.24) is 4.57 Å². The van der Waals surface area contributed by atoms with Crippen molar-refractivity contribution in [3.8, 4) is 11.3 Å². The van der Waals surface area contributed by atoms with Gasteiger partial charge in [-0.2, -0.15) is 0 Å². The monoisotopic (exact) mass is 277 g/mol. The summed E-state index contributed by atoms with van der Waals surface area (Å²) in [5.41, 5.74) is 2.80. The van der Waals surface area contributed by atoms with E-state index < -0.39 is 5.97 Å². The van der Waals surface area contributed by atoms with Gasteiger partial charge >= 0.3 is 10.8 Å². The molecule has 1 heterocycles. The predicted octanol–water partition coefficient (Wildman–Crippen LogP) is 2.53. The molecule has 100 valence electrons. The van der Waals surface area contributed by atoms with E-state index in [0.29, 0.717) is 5.69 Å². The van der Waals surface area contributed by atoms with Crippen molar-refractivity contribution in [3.05, 3.63) is 44.4 Å². The molecule has 5 heteroatoms. The van der Waals surface area contributed by atoms with E-state index >= 15 is 0 Å². The molecule has 0 saturated carbocycles. The molecule has 0 atom stereocenters. The summed E-state index contributed by atoms with van der Waals surface area (Å²) < 4.78 is 1.32. The van der Waals surface area contributed by atoms with Gasteiger partial charge in [-0.25, -0.2) is 0 Å². The van der Waals surface area contributed by atoms with E-state index in [-0.39, 0.29) is 11.4 Å². The fourth-order valence-electron chi connectivity index (χ4n) is 2.05. The molecule has 0 radical (unpaired) electrons. The lowest BCUT2D eigenvalue weighted by Crippen LogP contribution is -2.19. The molecule has 0 fully saturated rings. The van der Waals surface area contributed by atoms with E-state index in [2.05, 4.69) is 6.92 Å². The average molecular weight is 277 g/mol. The molecule has 4 nitrogen and oxygen atoms in total. The molecular formula is C14H15NO3S. The summed E-state index contributed by atoms with van der Waals surface area (Å²) in [4.78, 5) is 23.3. The maximum absolute atomic E-state index is 11.8. The van der Waals surface area contributed by atoms with Crippen LogP contribution < -0.4 is 4.87 Å². The summed E-state index contributed by atoms with van der Waals surface area (Å²) in [7, 11) is 0. The van der Waals surface area contributed by atoms with Crippen LogP contribution >= 0.6 is 11.3 Å². The van der Waals surface area contributed by atoms with Gasteiger partial charge < -0.3 is 5.11 Å². The van der Waals surface area contributed by atoms with Crippen LogP contribution in [0.15, 0.2) is 29.1 Å². The first-order chi connectivity index (χ1) is 9.02. The number of aliphatic carboxylic acids is 1. The van der Waals surface area contributed by atoms with Gasteiger partial charge in [0.25, 0.3) is 0 Å². The van der Waals surface area contributed by atoms with Crippen LogP contribution in [0.2, 0.25) is 0 Å². The highest BCUT2D eigenvalue weighted by Gasteiger charge is 2.15. The van der Waals surface area contributed by atoms with E-state index in [9.17, 15) is 9.59 Å². The Morgan fingerprint density at radius 1 is 1.32 bits per heavy atom. The highest BCUT2D eigenvalue weighted by atomic mass is 32.1. The first kappa shape index (κ1) is 13.5. The highest BCUT2D eigenvalue weighted by molar-refractivity contribution is 7.09. The molecule has 0 bridgehead atoms. The number of thiazole rings is 1. The Hall–Kier alpha value is -1.88. The van der Waals surface area contributed by atoms with Crippen LogP contribution in [0.25, 0.3) is 11.3 Å². The summed E-state index contributed by atoms with van der Waals surface area (Å²) in [5.74, 6) is -1.01. The Morgan fingerprint density at radius 2 is 1.95 bits per heavy atom. The quantitative estimate of drug-likeness (QED) is 0.934. The normalized spacial score (nSPS) is 10.6. The molecule has 2 aromatic rings. The molecule has 0 aliphatic carbocycles. The molecule has 0 amide bonds. The van der Waals surface area contributed by atoms with Crippen molar-refractivity contribution in [2.24, 2.45) is 0 Å². The van der Waals surface area contributed by atoms with Crippen LogP contribution in [-0.2, 0) is 17.8 Å². The maximum Gasteiger partial charge on any atom is 0.323 e. The molecular weight excluding hydrogens is 262 g/mol. The predicted molar refractivity (Wildman–Crippen MR) is 75.8 cm³/mol. The van der Waals surface area contributed by atoms with Crippen LogP contribution in [0.5, 0.6) is 0 Å². The number of aryl methyl sites for hydroxylation is 2. The van der Waals surface area contributed by atoms with E-state index in [1.54, 1.807) is 0 Å². The number of rotatable bonds is 4. The molecule has 1 aromatic heterocycles. The second kappa shape index (κ2) is 5.40. The lowest BCUT2D eigenvalue weighted by Gasteiger charge is -2.07. The van der Waals surface area contributed by atoms with E-state index in [0.717, 1.165) is 28.2 Å². The van der Waals surface area contributed by atoms with Crippen molar-refractivity contribution in [1.29, 1.82) is 0 Å². The van der Waals surface area contributed by atoms with Crippen LogP contribution in [0.4, 0.5) is 0 Å². The van der Waals surface area contributed by atoms with E-state index in [4.69, 9.17) is 5.11 Å². The van der Waals surface area contributed by atoms with Gasteiger partial charge in [0.05, 0.1) is 5.69 Å². The first-order valence-electron chi connectivity index (χ1n) is 6.04. The Kier molecular flexibility index (Phi) is 3.85. The van der Waals surface area contributed by atoms with Crippen LogP contribution in [0.1, 0.15) is 17.4 Å². The molecule has 0 aliphatic heterocycles. The number of aromatic nitrogens is 1. The summed E-state index contributed by atoms with van der Waals surface area (Å²) in [6, 6.07) is 7.88. The van der Waals surface area contributed by atoms with Gasteiger partial charge in [-0.1, -0.05) is 42.5 Å². The number of carboxylic acid groups (broad SMARTS) is 1. The fraction of sp³-hybridized carbons (Fsp3) is 0.286. The van der Waals surface area contributed by atoms with Gasteiger partial charge in [-0.15, -0.1) is 0 Å². The van der Waals surface area contributed by atoms with Crippen molar-refractivity contribution < 1.29 is 9.90 Å². The minimum atomic E-state index is -1.01. The molecule has 0 aliphatic rings. The van der Waals surface area contributed by atoms with Gasteiger partial charge in [-0.3, -0.25) is 14.2 Å². The number of hydrogen-bond donors (Lipinski definition) is 1. The zero-order chi connectivity index (χ0) is 14.0. The Bertz CT molecular complexity index is 652. The van der Waals surface area contributed by atoms with Crippen LogP contribution in [0, 0.1) is 6.92 Å². The molecule has 0 spiro atoms. The van der Waals surface area contributed by atoms with Crippen LogP contribution in [0.3, 0.4) is 0 Å². The molecule has 19 heavy (non-hydrogen) atoms. The standard InChI is InChI=1S/C14H15NO3S/c1-3-10-4-6-11(7-5-10)13-9(2)19-14(18)15(13)8-12(16)17/h4-7H,3,8H2,1-2H3,(H,16,17). The highest BCUT2D eigenvalue weighted by Crippen LogP contribution is 2.25. The lowest BCUT2D eigenvalue weighted by atomic mass is 10.1. The maximum atomic E-state index is 11.8. The number of nitrogens with zero attached hydrogens (tertiary/aromatic N) is 1. The molecule has 0 unspecified atom stereocenters.